The molecule has 2 atom stereocenters. The summed E-state index contributed by atoms with van der Waals surface area (Å²) in [6.07, 6.45) is 6.17. The summed E-state index contributed by atoms with van der Waals surface area (Å²) in [6.45, 7) is 6.78. The summed E-state index contributed by atoms with van der Waals surface area (Å²) in [5.41, 5.74) is 1.16. The van der Waals surface area contributed by atoms with Crippen LogP contribution in [0.1, 0.15) is 38.8 Å². The van der Waals surface area contributed by atoms with Gasteiger partial charge in [0.15, 0.2) is 0 Å². The van der Waals surface area contributed by atoms with Crippen LogP contribution in [0.25, 0.3) is 0 Å². The molecule has 2 rings (SSSR count). The topological polar surface area (TPSA) is 38.1 Å². The van der Waals surface area contributed by atoms with Crippen molar-refractivity contribution < 1.29 is 4.79 Å². The van der Waals surface area contributed by atoms with E-state index in [9.17, 15) is 4.79 Å². The van der Waals surface area contributed by atoms with E-state index in [1.165, 1.54) is 0 Å². The predicted molar refractivity (Wildman–Crippen MR) is 83.7 cm³/mol. The summed E-state index contributed by atoms with van der Waals surface area (Å²) in [7, 11) is 0. The number of carbonyl (C=O) groups is 1. The lowest BCUT2D eigenvalue weighted by molar-refractivity contribution is -0.137. The standard InChI is InChI=1S/C17H23N3O/c1-4-14(2)20(12-16-8-6-5-7-9-16)17(21)15(3)19-11-10-18-13-19/h5-11,13-15H,4,12H2,1-3H3/t14-,15+/m0/s1. The number of imidazole rings is 1. The van der Waals surface area contributed by atoms with Crippen molar-refractivity contribution in [2.45, 2.75) is 45.8 Å². The summed E-state index contributed by atoms with van der Waals surface area (Å²) in [5.74, 6) is 0.131. The maximum Gasteiger partial charge on any atom is 0.245 e. The fourth-order valence-electron chi connectivity index (χ4n) is 2.32. The third-order valence-corrected chi connectivity index (χ3v) is 3.93. The van der Waals surface area contributed by atoms with Crippen LogP contribution in [-0.2, 0) is 11.3 Å². The summed E-state index contributed by atoms with van der Waals surface area (Å²) in [4.78, 5) is 18.8. The number of hydrogen-bond donors (Lipinski definition) is 0. The molecule has 0 aliphatic rings. The van der Waals surface area contributed by atoms with Gasteiger partial charge in [-0.05, 0) is 25.8 Å². The highest BCUT2D eigenvalue weighted by atomic mass is 16.2. The molecule has 1 heterocycles. The van der Waals surface area contributed by atoms with Gasteiger partial charge in [-0.2, -0.15) is 0 Å². The van der Waals surface area contributed by atoms with Gasteiger partial charge in [0.05, 0.1) is 6.33 Å². The van der Waals surface area contributed by atoms with Crippen LogP contribution < -0.4 is 0 Å². The molecule has 0 unspecified atom stereocenters. The third-order valence-electron chi connectivity index (χ3n) is 3.93. The fourth-order valence-corrected chi connectivity index (χ4v) is 2.32. The molecule has 1 amide bonds. The number of hydrogen-bond acceptors (Lipinski definition) is 2. The van der Waals surface area contributed by atoms with Crippen molar-refractivity contribution >= 4 is 5.91 Å². The van der Waals surface area contributed by atoms with Crippen molar-refractivity contribution in [3.05, 3.63) is 54.6 Å². The highest BCUT2D eigenvalue weighted by Crippen LogP contribution is 2.17. The van der Waals surface area contributed by atoms with Crippen molar-refractivity contribution in [3.8, 4) is 0 Å². The maximum atomic E-state index is 12.8. The van der Waals surface area contributed by atoms with Gasteiger partial charge < -0.3 is 9.47 Å². The minimum atomic E-state index is -0.231. The number of aromatic nitrogens is 2. The molecule has 0 spiro atoms. The summed E-state index contributed by atoms with van der Waals surface area (Å²) < 4.78 is 1.85. The lowest BCUT2D eigenvalue weighted by Gasteiger charge is -2.31. The largest absolute Gasteiger partial charge is 0.334 e. The highest BCUT2D eigenvalue weighted by molar-refractivity contribution is 5.80. The SMILES string of the molecule is CC[C@H](C)N(Cc1ccccc1)C(=O)[C@@H](C)n1ccnc1. The Labute approximate surface area is 126 Å². The molecule has 2 aromatic rings. The van der Waals surface area contributed by atoms with Gasteiger partial charge in [0.1, 0.15) is 6.04 Å². The van der Waals surface area contributed by atoms with Crippen LogP contribution in [0, 0.1) is 0 Å². The first-order chi connectivity index (χ1) is 10.1. The van der Waals surface area contributed by atoms with Crippen molar-refractivity contribution in [2.24, 2.45) is 0 Å². The van der Waals surface area contributed by atoms with Crippen molar-refractivity contribution in [3.63, 3.8) is 0 Å². The van der Waals surface area contributed by atoms with E-state index in [0.29, 0.717) is 6.54 Å². The van der Waals surface area contributed by atoms with E-state index in [2.05, 4.69) is 31.0 Å². The molecule has 1 aromatic carbocycles. The number of benzene rings is 1. The minimum Gasteiger partial charge on any atom is -0.334 e. The van der Waals surface area contributed by atoms with Crippen molar-refractivity contribution in [2.75, 3.05) is 0 Å². The molecule has 0 bridgehead atoms. The molecule has 0 saturated carbocycles. The number of amides is 1. The first-order valence-electron chi connectivity index (χ1n) is 7.45. The predicted octanol–water partition coefficient (Wildman–Crippen LogP) is 3.27. The number of rotatable bonds is 6. The monoisotopic (exact) mass is 285 g/mol. The highest BCUT2D eigenvalue weighted by Gasteiger charge is 2.25. The zero-order valence-electron chi connectivity index (χ0n) is 12.9. The van der Waals surface area contributed by atoms with Crippen LogP contribution in [0.15, 0.2) is 49.1 Å². The van der Waals surface area contributed by atoms with Crippen LogP contribution in [0.5, 0.6) is 0 Å². The minimum absolute atomic E-state index is 0.131. The van der Waals surface area contributed by atoms with Crippen LogP contribution in [0.2, 0.25) is 0 Å². The Morgan fingerprint density at radius 3 is 2.57 bits per heavy atom. The Morgan fingerprint density at radius 2 is 2.00 bits per heavy atom. The van der Waals surface area contributed by atoms with Gasteiger partial charge in [-0.1, -0.05) is 37.3 Å². The normalized spacial score (nSPS) is 13.7. The molecule has 4 heteroatoms. The molecular weight excluding hydrogens is 262 g/mol. The lowest BCUT2D eigenvalue weighted by atomic mass is 10.1. The molecule has 1 aromatic heterocycles. The van der Waals surface area contributed by atoms with Crippen LogP contribution in [0.4, 0.5) is 0 Å². The van der Waals surface area contributed by atoms with Gasteiger partial charge in [-0.15, -0.1) is 0 Å². The van der Waals surface area contributed by atoms with Crippen LogP contribution in [-0.4, -0.2) is 26.4 Å². The zero-order valence-corrected chi connectivity index (χ0v) is 12.9. The van der Waals surface area contributed by atoms with Gasteiger partial charge in [-0.3, -0.25) is 4.79 Å². The molecule has 0 aliphatic heterocycles. The van der Waals surface area contributed by atoms with E-state index in [1.807, 2.05) is 40.8 Å². The second kappa shape index (κ2) is 7.07. The van der Waals surface area contributed by atoms with Crippen molar-refractivity contribution in [1.29, 1.82) is 0 Å². The van der Waals surface area contributed by atoms with E-state index in [1.54, 1.807) is 12.5 Å². The van der Waals surface area contributed by atoms with E-state index in [4.69, 9.17) is 0 Å². The first-order valence-corrected chi connectivity index (χ1v) is 7.45. The van der Waals surface area contributed by atoms with E-state index >= 15 is 0 Å². The van der Waals surface area contributed by atoms with Crippen molar-refractivity contribution in [1.82, 2.24) is 14.5 Å². The van der Waals surface area contributed by atoms with E-state index in [-0.39, 0.29) is 18.0 Å². The molecule has 0 N–H and O–H groups in total. The Bertz CT molecular complexity index is 551. The Balaban J connectivity index is 2.17. The quantitative estimate of drug-likeness (QED) is 0.817. The van der Waals surface area contributed by atoms with Gasteiger partial charge in [-0.25, -0.2) is 4.98 Å². The number of nitrogens with zero attached hydrogens (tertiary/aromatic N) is 3. The zero-order chi connectivity index (χ0) is 15.2. The Hall–Kier alpha value is -2.10. The van der Waals surface area contributed by atoms with Gasteiger partial charge >= 0.3 is 0 Å². The summed E-state index contributed by atoms with van der Waals surface area (Å²) in [6, 6.07) is 10.1. The molecule has 0 fully saturated rings. The summed E-state index contributed by atoms with van der Waals surface area (Å²) >= 11 is 0. The first kappa shape index (κ1) is 15.3. The third kappa shape index (κ3) is 3.72. The van der Waals surface area contributed by atoms with Crippen LogP contribution in [0.3, 0.4) is 0 Å². The van der Waals surface area contributed by atoms with Gasteiger partial charge in [0, 0.05) is 25.0 Å². The lowest BCUT2D eigenvalue weighted by Crippen LogP contribution is -2.41. The average Bonchev–Trinajstić information content (AvgIpc) is 3.06. The van der Waals surface area contributed by atoms with Gasteiger partial charge in [0.2, 0.25) is 5.91 Å². The maximum absolute atomic E-state index is 12.8. The summed E-state index contributed by atoms with van der Waals surface area (Å²) in [5, 5.41) is 0. The average molecular weight is 285 g/mol. The Morgan fingerprint density at radius 1 is 1.29 bits per heavy atom. The second-order valence-electron chi connectivity index (χ2n) is 5.39. The molecular formula is C17H23N3O. The smallest absolute Gasteiger partial charge is 0.245 e. The van der Waals surface area contributed by atoms with E-state index < -0.39 is 0 Å². The molecule has 112 valence electrons. The molecule has 4 nitrogen and oxygen atoms in total. The molecule has 0 radical (unpaired) electrons. The van der Waals surface area contributed by atoms with Gasteiger partial charge in [0.25, 0.3) is 0 Å². The molecule has 21 heavy (non-hydrogen) atoms. The fraction of sp³-hybridized carbons (Fsp3) is 0.412. The van der Waals surface area contributed by atoms with E-state index in [0.717, 1.165) is 12.0 Å². The molecule has 0 saturated heterocycles. The second-order valence-corrected chi connectivity index (χ2v) is 5.39. The molecule has 0 aliphatic carbocycles. The number of carbonyl (C=O) groups excluding carboxylic acids is 1. The van der Waals surface area contributed by atoms with Crippen LogP contribution >= 0.6 is 0 Å². The Kier molecular flexibility index (Phi) is 5.14.